The Hall–Kier alpha value is -0.950. The van der Waals surface area contributed by atoms with Crippen LogP contribution in [0.25, 0.3) is 0 Å². The van der Waals surface area contributed by atoms with E-state index in [9.17, 15) is 9.59 Å². The molecule has 0 saturated heterocycles. The van der Waals surface area contributed by atoms with Crippen LogP contribution in [-0.4, -0.2) is 23.3 Å². The van der Waals surface area contributed by atoms with Gasteiger partial charge < -0.3 is 5.32 Å². The molecule has 0 aromatic carbocycles. The molecule has 4 heteroatoms. The maximum atomic E-state index is 10.9. The molecule has 3 nitrogen and oxygen atoms in total. The summed E-state index contributed by atoms with van der Waals surface area (Å²) in [5, 5.41) is 2.53. The van der Waals surface area contributed by atoms with Crippen LogP contribution in [0.2, 0.25) is 0 Å². The highest BCUT2D eigenvalue weighted by atomic mass is 32.2. The van der Waals surface area contributed by atoms with E-state index in [4.69, 9.17) is 6.42 Å². The van der Waals surface area contributed by atoms with E-state index in [0.717, 1.165) is 11.8 Å². The van der Waals surface area contributed by atoms with Crippen LogP contribution in [0.1, 0.15) is 13.3 Å². The molecule has 0 atom stereocenters. The molecule has 0 unspecified atom stereocenters. The van der Waals surface area contributed by atoms with Crippen molar-refractivity contribution in [2.75, 3.05) is 12.3 Å². The lowest BCUT2D eigenvalue weighted by Gasteiger charge is -1.98. The van der Waals surface area contributed by atoms with Crippen LogP contribution in [0.3, 0.4) is 0 Å². The van der Waals surface area contributed by atoms with Gasteiger partial charge in [-0.3, -0.25) is 9.59 Å². The molecule has 0 aromatic rings. The normalized spacial score (nSPS) is 8.67. The Kier molecular flexibility index (Phi) is 6.21. The quantitative estimate of drug-likeness (QED) is 0.645. The summed E-state index contributed by atoms with van der Waals surface area (Å²) in [4.78, 5) is 21.3. The van der Waals surface area contributed by atoms with Crippen LogP contribution in [-0.2, 0) is 9.59 Å². The van der Waals surface area contributed by atoms with Gasteiger partial charge in [0.15, 0.2) is 5.12 Å². The van der Waals surface area contributed by atoms with Crippen LogP contribution in [0.5, 0.6) is 0 Å². The van der Waals surface area contributed by atoms with E-state index in [-0.39, 0.29) is 17.6 Å². The third-order valence-electron chi connectivity index (χ3n) is 1.02. The van der Waals surface area contributed by atoms with E-state index < -0.39 is 0 Å². The number of hydrogen-bond acceptors (Lipinski definition) is 3. The molecular formula is C8H11NO2S. The summed E-state index contributed by atoms with van der Waals surface area (Å²) in [5.41, 5.74) is 0. The summed E-state index contributed by atoms with van der Waals surface area (Å²) in [5.74, 6) is 2.70. The second-order valence-electron chi connectivity index (χ2n) is 2.07. The molecule has 0 saturated carbocycles. The molecule has 0 bridgehead atoms. The molecule has 0 aliphatic carbocycles. The van der Waals surface area contributed by atoms with E-state index in [2.05, 4.69) is 11.2 Å². The Morgan fingerprint density at radius 1 is 1.58 bits per heavy atom. The highest BCUT2D eigenvalue weighted by Gasteiger charge is 2.00. The van der Waals surface area contributed by atoms with Gasteiger partial charge in [-0.25, -0.2) is 0 Å². The number of hydrogen-bond donors (Lipinski definition) is 1. The van der Waals surface area contributed by atoms with Gasteiger partial charge in [0, 0.05) is 19.1 Å². The molecule has 66 valence electrons. The average molecular weight is 185 g/mol. The van der Waals surface area contributed by atoms with Gasteiger partial charge in [0.05, 0.1) is 6.54 Å². The second kappa shape index (κ2) is 6.74. The van der Waals surface area contributed by atoms with Gasteiger partial charge in [-0.2, -0.15) is 0 Å². The van der Waals surface area contributed by atoms with Crippen molar-refractivity contribution in [3.63, 3.8) is 0 Å². The van der Waals surface area contributed by atoms with Crippen molar-refractivity contribution in [3.05, 3.63) is 0 Å². The van der Waals surface area contributed by atoms with Crippen molar-refractivity contribution in [3.8, 4) is 12.3 Å². The van der Waals surface area contributed by atoms with Gasteiger partial charge in [0.25, 0.3) is 0 Å². The maximum Gasteiger partial charge on any atom is 0.221 e. The molecule has 0 heterocycles. The number of rotatable bonds is 4. The maximum absolute atomic E-state index is 10.9. The molecule has 1 N–H and O–H groups in total. The van der Waals surface area contributed by atoms with Gasteiger partial charge in [-0.05, 0) is 0 Å². The summed E-state index contributed by atoms with van der Waals surface area (Å²) in [6.07, 6.45) is 5.27. The number of thioether (sulfide) groups is 1. The van der Waals surface area contributed by atoms with E-state index in [1.807, 2.05) is 0 Å². The standard InChI is InChI=1S/C8H11NO2S/c1-3-5-9-8(11)4-6-12-7(2)10/h1H,4-6H2,2H3,(H,9,11). The lowest BCUT2D eigenvalue weighted by atomic mass is 10.4. The van der Waals surface area contributed by atoms with Crippen molar-refractivity contribution in [2.45, 2.75) is 13.3 Å². The third kappa shape index (κ3) is 7.16. The smallest absolute Gasteiger partial charge is 0.221 e. The number of amides is 1. The van der Waals surface area contributed by atoms with Crippen LogP contribution >= 0.6 is 11.8 Å². The fourth-order valence-electron chi connectivity index (χ4n) is 0.525. The molecule has 0 radical (unpaired) electrons. The van der Waals surface area contributed by atoms with Crippen LogP contribution < -0.4 is 5.32 Å². The van der Waals surface area contributed by atoms with Gasteiger partial charge in [-0.1, -0.05) is 17.7 Å². The molecule has 0 aliphatic heterocycles. The fourth-order valence-corrected chi connectivity index (χ4v) is 1.10. The van der Waals surface area contributed by atoms with E-state index in [1.165, 1.54) is 6.92 Å². The molecule has 0 spiro atoms. The first-order valence-corrected chi connectivity index (χ1v) is 4.49. The Balaban J connectivity index is 3.33. The number of carbonyl (C=O) groups excluding carboxylic acids is 2. The van der Waals surface area contributed by atoms with E-state index in [0.29, 0.717) is 12.2 Å². The number of carbonyl (C=O) groups is 2. The predicted molar refractivity (Wildman–Crippen MR) is 49.6 cm³/mol. The molecule has 1 amide bonds. The minimum Gasteiger partial charge on any atom is -0.345 e. The van der Waals surface area contributed by atoms with Gasteiger partial charge >= 0.3 is 0 Å². The van der Waals surface area contributed by atoms with Crippen molar-refractivity contribution in [1.82, 2.24) is 5.32 Å². The Morgan fingerprint density at radius 3 is 2.75 bits per heavy atom. The summed E-state index contributed by atoms with van der Waals surface area (Å²) in [6.45, 7) is 1.73. The number of nitrogens with one attached hydrogen (secondary N) is 1. The Bertz CT molecular complexity index is 208. The summed E-state index contributed by atoms with van der Waals surface area (Å²) < 4.78 is 0. The average Bonchev–Trinajstić information content (AvgIpc) is 2.00. The van der Waals surface area contributed by atoms with Gasteiger partial charge in [0.2, 0.25) is 5.91 Å². The summed E-state index contributed by atoms with van der Waals surface area (Å²) >= 11 is 1.14. The van der Waals surface area contributed by atoms with E-state index in [1.54, 1.807) is 0 Å². The van der Waals surface area contributed by atoms with Crippen molar-refractivity contribution in [2.24, 2.45) is 0 Å². The van der Waals surface area contributed by atoms with Crippen LogP contribution in [0.4, 0.5) is 0 Å². The monoisotopic (exact) mass is 185 g/mol. The lowest BCUT2D eigenvalue weighted by Crippen LogP contribution is -2.23. The molecule has 0 aliphatic rings. The highest BCUT2D eigenvalue weighted by molar-refractivity contribution is 8.13. The molecule has 12 heavy (non-hydrogen) atoms. The van der Waals surface area contributed by atoms with Crippen molar-refractivity contribution < 1.29 is 9.59 Å². The summed E-state index contributed by atoms with van der Waals surface area (Å²) in [7, 11) is 0. The Labute approximate surface area is 76.3 Å². The first kappa shape index (κ1) is 11.1. The molecule has 0 fully saturated rings. The van der Waals surface area contributed by atoms with Crippen molar-refractivity contribution >= 4 is 22.8 Å². The lowest BCUT2D eigenvalue weighted by molar-refractivity contribution is -0.120. The first-order chi connectivity index (χ1) is 5.66. The van der Waals surface area contributed by atoms with Crippen LogP contribution in [0, 0.1) is 12.3 Å². The zero-order valence-electron chi connectivity index (χ0n) is 6.92. The Morgan fingerprint density at radius 2 is 2.25 bits per heavy atom. The summed E-state index contributed by atoms with van der Waals surface area (Å²) in [6, 6.07) is 0. The molecule has 0 rings (SSSR count). The minimum absolute atomic E-state index is 0.0275. The van der Waals surface area contributed by atoms with Crippen molar-refractivity contribution in [1.29, 1.82) is 0 Å². The fraction of sp³-hybridized carbons (Fsp3) is 0.500. The van der Waals surface area contributed by atoms with Crippen LogP contribution in [0.15, 0.2) is 0 Å². The zero-order valence-corrected chi connectivity index (χ0v) is 7.74. The molecule has 0 aromatic heterocycles. The van der Waals surface area contributed by atoms with Gasteiger partial charge in [0.1, 0.15) is 0 Å². The minimum atomic E-state index is -0.110. The predicted octanol–water partition coefficient (Wildman–Crippen LogP) is 0.406. The van der Waals surface area contributed by atoms with E-state index >= 15 is 0 Å². The number of terminal acetylenes is 1. The molecular weight excluding hydrogens is 174 g/mol. The SMILES string of the molecule is C#CCNC(=O)CCSC(C)=O. The first-order valence-electron chi connectivity index (χ1n) is 3.50. The highest BCUT2D eigenvalue weighted by Crippen LogP contribution is 2.02. The van der Waals surface area contributed by atoms with Gasteiger partial charge in [-0.15, -0.1) is 6.42 Å². The zero-order chi connectivity index (χ0) is 9.40. The topological polar surface area (TPSA) is 46.2 Å². The second-order valence-corrected chi connectivity index (χ2v) is 3.34. The third-order valence-corrected chi connectivity index (χ3v) is 1.84. The largest absolute Gasteiger partial charge is 0.345 e.